The van der Waals surface area contributed by atoms with Crippen molar-refractivity contribution in [1.82, 2.24) is 0 Å². The number of amides is 1. The highest BCUT2D eigenvalue weighted by molar-refractivity contribution is 9.10. The molecule has 1 aromatic rings. The van der Waals surface area contributed by atoms with Crippen LogP contribution in [-0.2, 0) is 10.3 Å². The summed E-state index contributed by atoms with van der Waals surface area (Å²) in [7, 11) is 0. The highest BCUT2D eigenvalue weighted by Crippen LogP contribution is 2.35. The van der Waals surface area contributed by atoms with Gasteiger partial charge in [-0.2, -0.15) is 0 Å². The second-order valence-corrected chi connectivity index (χ2v) is 4.26. The first-order valence-corrected chi connectivity index (χ1v) is 4.71. The third-order valence-electron chi connectivity index (χ3n) is 2.26. The Morgan fingerprint density at radius 3 is 2.92 bits per heavy atom. The van der Waals surface area contributed by atoms with E-state index in [1.165, 1.54) is 0 Å². The van der Waals surface area contributed by atoms with Gasteiger partial charge in [-0.3, -0.25) is 4.79 Å². The summed E-state index contributed by atoms with van der Waals surface area (Å²) in [4.78, 5) is 11.4. The number of carbonyl (C=O) groups is 1. The Morgan fingerprint density at radius 2 is 2.23 bits per heavy atom. The summed E-state index contributed by atoms with van der Waals surface area (Å²) in [6.07, 6.45) is 0. The first kappa shape index (κ1) is 8.72. The van der Waals surface area contributed by atoms with Crippen LogP contribution in [0.25, 0.3) is 0 Å². The van der Waals surface area contributed by atoms with Gasteiger partial charge in [0, 0.05) is 15.7 Å². The molecule has 1 aliphatic rings. The van der Waals surface area contributed by atoms with Gasteiger partial charge in [0.15, 0.2) is 0 Å². The SMILES string of the molecule is CC1(N)C(=O)Nc2ccc(Br)cc21. The van der Waals surface area contributed by atoms with Crippen LogP contribution >= 0.6 is 15.9 Å². The van der Waals surface area contributed by atoms with Gasteiger partial charge in [0.25, 0.3) is 0 Å². The number of hydrogen-bond acceptors (Lipinski definition) is 2. The summed E-state index contributed by atoms with van der Waals surface area (Å²) in [6, 6.07) is 5.59. The van der Waals surface area contributed by atoms with Crippen LogP contribution < -0.4 is 11.1 Å². The van der Waals surface area contributed by atoms with Crippen molar-refractivity contribution >= 4 is 27.5 Å². The molecule has 0 saturated heterocycles. The summed E-state index contributed by atoms with van der Waals surface area (Å²) in [6.45, 7) is 1.71. The second kappa shape index (κ2) is 2.56. The zero-order valence-electron chi connectivity index (χ0n) is 7.10. The minimum absolute atomic E-state index is 0.152. The zero-order chi connectivity index (χ0) is 9.64. The molecule has 1 heterocycles. The molecule has 3 nitrogen and oxygen atoms in total. The number of carbonyl (C=O) groups excluding carboxylic acids is 1. The fraction of sp³-hybridized carbons (Fsp3) is 0.222. The molecule has 2 rings (SSSR count). The molecule has 1 aromatic carbocycles. The van der Waals surface area contributed by atoms with Crippen molar-refractivity contribution in [3.63, 3.8) is 0 Å². The summed E-state index contributed by atoms with van der Waals surface area (Å²) in [5.41, 5.74) is 6.61. The lowest BCUT2D eigenvalue weighted by Gasteiger charge is -2.14. The van der Waals surface area contributed by atoms with Gasteiger partial charge in [-0.05, 0) is 25.1 Å². The van der Waals surface area contributed by atoms with Crippen LogP contribution in [-0.4, -0.2) is 5.91 Å². The standard InChI is InChI=1S/C9H9BrN2O/c1-9(11)6-4-5(10)2-3-7(6)12-8(9)13/h2-4H,11H2,1H3,(H,12,13). The Balaban J connectivity index is 2.64. The van der Waals surface area contributed by atoms with Crippen LogP contribution in [0, 0.1) is 0 Å². The van der Waals surface area contributed by atoms with Crippen molar-refractivity contribution in [3.05, 3.63) is 28.2 Å². The number of fused-ring (bicyclic) bond motifs is 1. The molecular weight excluding hydrogens is 232 g/mol. The molecule has 1 atom stereocenters. The van der Waals surface area contributed by atoms with E-state index in [0.717, 1.165) is 15.7 Å². The van der Waals surface area contributed by atoms with Crippen LogP contribution in [0.1, 0.15) is 12.5 Å². The molecule has 0 radical (unpaired) electrons. The van der Waals surface area contributed by atoms with Crippen molar-refractivity contribution in [2.24, 2.45) is 5.73 Å². The van der Waals surface area contributed by atoms with E-state index in [2.05, 4.69) is 21.2 Å². The third kappa shape index (κ3) is 1.17. The van der Waals surface area contributed by atoms with Crippen LogP contribution in [0.15, 0.2) is 22.7 Å². The van der Waals surface area contributed by atoms with Crippen molar-refractivity contribution in [1.29, 1.82) is 0 Å². The van der Waals surface area contributed by atoms with E-state index in [9.17, 15) is 4.79 Å². The molecular formula is C9H9BrN2O. The Bertz CT molecular complexity index is 387. The van der Waals surface area contributed by atoms with Gasteiger partial charge in [-0.15, -0.1) is 0 Å². The molecule has 3 N–H and O–H groups in total. The molecule has 13 heavy (non-hydrogen) atoms. The summed E-state index contributed by atoms with van der Waals surface area (Å²) < 4.78 is 0.930. The molecule has 1 unspecified atom stereocenters. The van der Waals surface area contributed by atoms with Gasteiger partial charge >= 0.3 is 0 Å². The Kier molecular flexibility index (Phi) is 1.72. The van der Waals surface area contributed by atoms with E-state index in [1.54, 1.807) is 6.92 Å². The average Bonchev–Trinajstić information content (AvgIpc) is 2.27. The van der Waals surface area contributed by atoms with Gasteiger partial charge in [-0.1, -0.05) is 15.9 Å². The van der Waals surface area contributed by atoms with Crippen LogP contribution in [0.2, 0.25) is 0 Å². The maximum Gasteiger partial charge on any atom is 0.248 e. The number of hydrogen-bond donors (Lipinski definition) is 2. The predicted molar refractivity (Wildman–Crippen MR) is 54.3 cm³/mol. The predicted octanol–water partition coefficient (Wildman–Crippen LogP) is 1.58. The molecule has 0 spiro atoms. The van der Waals surface area contributed by atoms with Crippen LogP contribution in [0.5, 0.6) is 0 Å². The van der Waals surface area contributed by atoms with E-state index in [0.29, 0.717) is 0 Å². The minimum Gasteiger partial charge on any atom is -0.324 e. The number of nitrogens with two attached hydrogens (primary N) is 1. The molecule has 0 aliphatic carbocycles. The molecule has 0 fully saturated rings. The normalized spacial score (nSPS) is 25.6. The van der Waals surface area contributed by atoms with Crippen molar-refractivity contribution in [2.45, 2.75) is 12.5 Å². The topological polar surface area (TPSA) is 55.1 Å². The smallest absolute Gasteiger partial charge is 0.248 e. The highest BCUT2D eigenvalue weighted by Gasteiger charge is 2.38. The fourth-order valence-corrected chi connectivity index (χ4v) is 1.79. The molecule has 1 aliphatic heterocycles. The van der Waals surface area contributed by atoms with Gasteiger partial charge in [0.05, 0.1) is 0 Å². The lowest BCUT2D eigenvalue weighted by Crippen LogP contribution is -2.40. The molecule has 4 heteroatoms. The lowest BCUT2D eigenvalue weighted by atomic mass is 9.95. The van der Waals surface area contributed by atoms with Gasteiger partial charge in [0.1, 0.15) is 5.54 Å². The van der Waals surface area contributed by atoms with Crippen molar-refractivity contribution in [3.8, 4) is 0 Å². The molecule has 0 saturated carbocycles. The van der Waals surface area contributed by atoms with Crippen molar-refractivity contribution < 1.29 is 4.79 Å². The van der Waals surface area contributed by atoms with Crippen molar-refractivity contribution in [2.75, 3.05) is 5.32 Å². The molecule has 0 bridgehead atoms. The van der Waals surface area contributed by atoms with E-state index in [1.807, 2.05) is 18.2 Å². The number of benzene rings is 1. The van der Waals surface area contributed by atoms with Gasteiger partial charge < -0.3 is 11.1 Å². The zero-order valence-corrected chi connectivity index (χ0v) is 8.68. The maximum absolute atomic E-state index is 11.4. The van der Waals surface area contributed by atoms with E-state index in [-0.39, 0.29) is 5.91 Å². The first-order valence-electron chi connectivity index (χ1n) is 3.92. The average molecular weight is 241 g/mol. The molecule has 1 amide bonds. The van der Waals surface area contributed by atoms with Crippen LogP contribution in [0.3, 0.4) is 0 Å². The monoisotopic (exact) mass is 240 g/mol. The van der Waals surface area contributed by atoms with E-state index in [4.69, 9.17) is 5.73 Å². The summed E-state index contributed by atoms with van der Waals surface area (Å²) in [5, 5.41) is 2.73. The number of nitrogens with one attached hydrogen (secondary N) is 1. The van der Waals surface area contributed by atoms with Gasteiger partial charge in [0.2, 0.25) is 5.91 Å². The first-order chi connectivity index (χ1) is 6.01. The Morgan fingerprint density at radius 1 is 1.54 bits per heavy atom. The lowest BCUT2D eigenvalue weighted by molar-refractivity contribution is -0.120. The van der Waals surface area contributed by atoms with E-state index >= 15 is 0 Å². The quantitative estimate of drug-likeness (QED) is 0.724. The fourth-order valence-electron chi connectivity index (χ4n) is 1.43. The summed E-state index contributed by atoms with van der Waals surface area (Å²) >= 11 is 3.34. The van der Waals surface area contributed by atoms with Gasteiger partial charge in [-0.25, -0.2) is 0 Å². The summed E-state index contributed by atoms with van der Waals surface area (Å²) in [5.74, 6) is -0.152. The third-order valence-corrected chi connectivity index (χ3v) is 2.75. The molecule has 68 valence electrons. The molecule has 0 aromatic heterocycles. The second-order valence-electron chi connectivity index (χ2n) is 3.35. The Hall–Kier alpha value is -0.870. The Labute approximate surface area is 84.4 Å². The highest BCUT2D eigenvalue weighted by atomic mass is 79.9. The maximum atomic E-state index is 11.4. The number of rotatable bonds is 0. The number of anilines is 1. The number of halogens is 1. The largest absolute Gasteiger partial charge is 0.324 e. The van der Waals surface area contributed by atoms with E-state index < -0.39 is 5.54 Å². The van der Waals surface area contributed by atoms with Crippen LogP contribution in [0.4, 0.5) is 5.69 Å². The minimum atomic E-state index is -0.904.